The Morgan fingerprint density at radius 2 is 1.93 bits per heavy atom. The number of pyridine rings is 1. The fraction of sp³-hybridized carbons (Fsp3) is 0.150. The summed E-state index contributed by atoms with van der Waals surface area (Å²) in [4.78, 5) is 18.0. The number of para-hydroxylation sites is 1. The fourth-order valence-corrected chi connectivity index (χ4v) is 3.84. The Kier molecular flexibility index (Phi) is 5.03. The van der Waals surface area contributed by atoms with Crippen molar-refractivity contribution in [1.82, 2.24) is 4.98 Å². The van der Waals surface area contributed by atoms with E-state index < -0.39 is 9.84 Å². The van der Waals surface area contributed by atoms with Gasteiger partial charge in [-0.3, -0.25) is 4.79 Å². The van der Waals surface area contributed by atoms with Crippen LogP contribution in [0.1, 0.15) is 18.1 Å². The highest BCUT2D eigenvalue weighted by molar-refractivity contribution is 7.90. The van der Waals surface area contributed by atoms with E-state index in [-0.39, 0.29) is 23.2 Å². The molecule has 0 unspecified atom stereocenters. The van der Waals surface area contributed by atoms with Crippen molar-refractivity contribution in [1.29, 1.82) is 5.26 Å². The number of nitriles is 1. The number of anilines is 2. The smallest absolute Gasteiger partial charge is 0.224 e. The molecule has 0 aliphatic heterocycles. The van der Waals surface area contributed by atoms with Crippen molar-refractivity contribution in [3.63, 3.8) is 0 Å². The van der Waals surface area contributed by atoms with E-state index in [1.165, 1.54) is 17.9 Å². The van der Waals surface area contributed by atoms with Crippen LogP contribution in [0.25, 0.3) is 10.9 Å². The van der Waals surface area contributed by atoms with Crippen molar-refractivity contribution in [2.75, 3.05) is 16.9 Å². The Balaban J connectivity index is 2.05. The summed E-state index contributed by atoms with van der Waals surface area (Å²) in [6.07, 6.45) is 1.11. The van der Waals surface area contributed by atoms with Crippen LogP contribution in [0.4, 0.5) is 11.5 Å². The quantitative estimate of drug-likeness (QED) is 0.727. The number of amides is 1. The van der Waals surface area contributed by atoms with Crippen LogP contribution in [0.15, 0.2) is 53.4 Å². The van der Waals surface area contributed by atoms with Gasteiger partial charge >= 0.3 is 0 Å². The predicted molar refractivity (Wildman–Crippen MR) is 107 cm³/mol. The molecule has 142 valence electrons. The minimum atomic E-state index is -3.51. The zero-order chi connectivity index (χ0) is 20.5. The molecule has 1 heterocycles. The molecule has 3 aromatic rings. The van der Waals surface area contributed by atoms with Crippen molar-refractivity contribution >= 4 is 38.2 Å². The highest BCUT2D eigenvalue weighted by Gasteiger charge is 2.21. The topological polar surface area (TPSA) is 117 Å². The van der Waals surface area contributed by atoms with E-state index in [0.29, 0.717) is 16.8 Å². The number of hydrogen-bond donors (Lipinski definition) is 1. The molecule has 2 aromatic carbocycles. The maximum Gasteiger partial charge on any atom is 0.224 e. The van der Waals surface area contributed by atoms with Crippen molar-refractivity contribution in [2.24, 2.45) is 0 Å². The Morgan fingerprint density at radius 3 is 2.57 bits per heavy atom. The van der Waals surface area contributed by atoms with Gasteiger partial charge in [-0.2, -0.15) is 5.26 Å². The average Bonchev–Trinajstić information content (AvgIpc) is 2.64. The fourth-order valence-electron chi connectivity index (χ4n) is 2.96. The van der Waals surface area contributed by atoms with E-state index in [9.17, 15) is 13.2 Å². The lowest BCUT2D eigenvalue weighted by molar-refractivity contribution is -0.116. The summed E-state index contributed by atoms with van der Waals surface area (Å²) in [5.74, 6) is -0.151. The molecule has 0 atom stereocenters. The van der Waals surface area contributed by atoms with Crippen LogP contribution in [0.3, 0.4) is 0 Å². The van der Waals surface area contributed by atoms with Gasteiger partial charge in [0.15, 0.2) is 9.84 Å². The Hall–Kier alpha value is -3.44. The Bertz CT molecular complexity index is 1230. The SMILES string of the molecule is CC(=O)N(Cc1ccc2cc(C#N)c(N)nc2c1)c1ccccc1S(C)(=O)=O. The molecule has 1 amide bonds. The normalized spacial score (nSPS) is 11.2. The largest absolute Gasteiger partial charge is 0.383 e. The number of rotatable bonds is 4. The van der Waals surface area contributed by atoms with Crippen molar-refractivity contribution in [2.45, 2.75) is 18.4 Å². The van der Waals surface area contributed by atoms with Crippen LogP contribution in [0.2, 0.25) is 0 Å². The minimum absolute atomic E-state index is 0.0898. The summed E-state index contributed by atoms with van der Waals surface area (Å²) in [6.45, 7) is 1.55. The summed E-state index contributed by atoms with van der Waals surface area (Å²) < 4.78 is 24.2. The Morgan fingerprint density at radius 1 is 1.21 bits per heavy atom. The van der Waals surface area contributed by atoms with Gasteiger partial charge in [0.05, 0.1) is 28.2 Å². The number of fused-ring (bicyclic) bond motifs is 1. The van der Waals surface area contributed by atoms with Crippen molar-refractivity contribution < 1.29 is 13.2 Å². The lowest BCUT2D eigenvalue weighted by Crippen LogP contribution is -2.29. The van der Waals surface area contributed by atoms with Crippen molar-refractivity contribution in [3.05, 3.63) is 59.7 Å². The van der Waals surface area contributed by atoms with Crippen LogP contribution in [0.5, 0.6) is 0 Å². The molecule has 3 rings (SSSR count). The molecular formula is C20H18N4O3S. The average molecular weight is 394 g/mol. The third-order valence-corrected chi connectivity index (χ3v) is 5.45. The molecular weight excluding hydrogens is 376 g/mol. The van der Waals surface area contributed by atoms with Crippen LogP contribution in [0, 0.1) is 11.3 Å². The number of carbonyl (C=O) groups excluding carboxylic acids is 1. The number of nitrogens with zero attached hydrogens (tertiary/aromatic N) is 3. The van der Waals surface area contributed by atoms with Crippen LogP contribution in [-0.4, -0.2) is 25.6 Å². The van der Waals surface area contributed by atoms with Gasteiger partial charge in [-0.25, -0.2) is 13.4 Å². The van der Waals surface area contributed by atoms with Crippen LogP contribution < -0.4 is 10.6 Å². The number of benzene rings is 2. The maximum absolute atomic E-state index is 12.3. The van der Waals surface area contributed by atoms with Gasteiger partial charge in [0.1, 0.15) is 11.9 Å². The van der Waals surface area contributed by atoms with E-state index in [4.69, 9.17) is 11.0 Å². The molecule has 0 saturated carbocycles. The van der Waals surface area contributed by atoms with Crippen LogP contribution >= 0.6 is 0 Å². The first-order valence-corrected chi connectivity index (χ1v) is 10.3. The number of carbonyl (C=O) groups is 1. The van der Waals surface area contributed by atoms with Gasteiger partial charge in [0.25, 0.3) is 0 Å². The summed E-state index contributed by atoms with van der Waals surface area (Å²) in [7, 11) is -3.51. The van der Waals surface area contributed by atoms with E-state index in [1.54, 1.807) is 42.5 Å². The molecule has 0 bridgehead atoms. The third-order valence-electron chi connectivity index (χ3n) is 4.31. The summed E-state index contributed by atoms with van der Waals surface area (Å²) >= 11 is 0. The zero-order valence-electron chi connectivity index (χ0n) is 15.4. The lowest BCUT2D eigenvalue weighted by atomic mass is 10.1. The number of sulfone groups is 1. The minimum Gasteiger partial charge on any atom is -0.383 e. The molecule has 0 spiro atoms. The molecule has 0 fully saturated rings. The highest BCUT2D eigenvalue weighted by atomic mass is 32.2. The molecule has 0 saturated heterocycles. The summed E-state index contributed by atoms with van der Waals surface area (Å²) in [6, 6.07) is 15.4. The molecule has 28 heavy (non-hydrogen) atoms. The second-order valence-electron chi connectivity index (χ2n) is 6.41. The van der Waals surface area contributed by atoms with Gasteiger partial charge in [-0.05, 0) is 29.8 Å². The highest BCUT2D eigenvalue weighted by Crippen LogP contribution is 2.27. The predicted octanol–water partition coefficient (Wildman–Crippen LogP) is 2.65. The third kappa shape index (κ3) is 3.80. The van der Waals surface area contributed by atoms with Gasteiger partial charge in [-0.15, -0.1) is 0 Å². The molecule has 2 N–H and O–H groups in total. The number of nitrogen functional groups attached to an aromatic ring is 1. The number of hydrogen-bond acceptors (Lipinski definition) is 6. The van der Waals surface area contributed by atoms with E-state index >= 15 is 0 Å². The molecule has 0 radical (unpaired) electrons. The van der Waals surface area contributed by atoms with Gasteiger partial charge in [-0.1, -0.05) is 24.3 Å². The standard InChI is InChI=1S/C20H18N4O3S/c1-13(25)24(18-5-3-4-6-19(18)28(2,26)27)12-14-7-8-15-10-16(11-21)20(22)23-17(15)9-14/h3-10H,12H2,1-2H3,(H2,22,23). The van der Waals surface area contributed by atoms with Crippen LogP contribution in [-0.2, 0) is 21.2 Å². The summed E-state index contributed by atoms with van der Waals surface area (Å²) in [5.41, 5.74) is 7.76. The van der Waals surface area contributed by atoms with Gasteiger partial charge < -0.3 is 10.6 Å². The first-order chi connectivity index (χ1) is 13.2. The maximum atomic E-state index is 12.3. The van der Waals surface area contributed by atoms with E-state index in [0.717, 1.165) is 17.2 Å². The second-order valence-corrected chi connectivity index (χ2v) is 8.39. The molecule has 0 aliphatic rings. The zero-order valence-corrected chi connectivity index (χ0v) is 16.2. The molecule has 0 aliphatic carbocycles. The molecule has 8 heteroatoms. The van der Waals surface area contributed by atoms with E-state index in [1.807, 2.05) is 6.07 Å². The number of aromatic nitrogens is 1. The second kappa shape index (κ2) is 7.29. The first-order valence-electron chi connectivity index (χ1n) is 8.37. The first kappa shape index (κ1) is 19.3. The van der Waals surface area contributed by atoms with Crippen molar-refractivity contribution in [3.8, 4) is 6.07 Å². The molecule has 1 aromatic heterocycles. The molecule has 7 nitrogen and oxygen atoms in total. The lowest BCUT2D eigenvalue weighted by Gasteiger charge is -2.23. The van der Waals surface area contributed by atoms with Gasteiger partial charge in [0, 0.05) is 18.6 Å². The monoisotopic (exact) mass is 394 g/mol. The van der Waals surface area contributed by atoms with Gasteiger partial charge in [0.2, 0.25) is 5.91 Å². The Labute approximate surface area is 162 Å². The summed E-state index contributed by atoms with van der Waals surface area (Å²) in [5, 5.41) is 9.82. The number of nitrogens with two attached hydrogens (primary N) is 1. The van der Waals surface area contributed by atoms with E-state index in [2.05, 4.69) is 4.98 Å².